The molecule has 1 fully saturated rings. The molecule has 8 nitrogen and oxygen atoms in total. The summed E-state index contributed by atoms with van der Waals surface area (Å²) in [6.45, 7) is 5.52. The summed E-state index contributed by atoms with van der Waals surface area (Å²) in [6, 6.07) is 19.4. The van der Waals surface area contributed by atoms with Gasteiger partial charge in [-0.25, -0.2) is 0 Å². The van der Waals surface area contributed by atoms with Crippen LogP contribution in [0.2, 0.25) is 5.02 Å². The molecular formula is C26H27ClN6O2. The molecule has 0 aliphatic carbocycles. The van der Waals surface area contributed by atoms with Crippen molar-refractivity contribution in [3.8, 4) is 17.0 Å². The van der Waals surface area contributed by atoms with Crippen molar-refractivity contribution in [3.63, 3.8) is 0 Å². The zero-order chi connectivity index (χ0) is 24.2. The van der Waals surface area contributed by atoms with Gasteiger partial charge >= 0.3 is 0 Å². The molecule has 0 spiro atoms. The maximum absolute atomic E-state index is 13.0. The predicted molar refractivity (Wildman–Crippen MR) is 136 cm³/mol. The average Bonchev–Trinajstić information content (AvgIpc) is 3.30. The van der Waals surface area contributed by atoms with Crippen LogP contribution in [-0.4, -0.2) is 63.4 Å². The molecule has 4 aromatic rings. The van der Waals surface area contributed by atoms with Crippen LogP contribution in [0.4, 0.5) is 5.69 Å². The molecule has 0 atom stereocenters. The second-order valence-electron chi connectivity index (χ2n) is 8.38. The van der Waals surface area contributed by atoms with Crippen LogP contribution in [-0.2, 0) is 11.2 Å². The fourth-order valence-electron chi connectivity index (χ4n) is 4.33. The fraction of sp³-hybridized carbons (Fsp3) is 0.308. The highest BCUT2D eigenvalue weighted by molar-refractivity contribution is 6.30. The van der Waals surface area contributed by atoms with E-state index in [1.165, 1.54) is 0 Å². The molecule has 1 aliphatic rings. The molecule has 0 unspecified atom stereocenters. The average molecular weight is 491 g/mol. The standard InChI is InChI=1S/C26H27ClN6O2/c1-2-35-23-6-4-3-5-22(23)31-15-17-32(18-16-31)26(34)14-13-25-29-28-24-12-11-21(30-33(24)25)19-7-9-20(27)10-8-19/h3-12H,2,13-18H2,1H3. The number of nitrogens with zero attached hydrogens (tertiary/aromatic N) is 6. The number of carbonyl (C=O) groups is 1. The minimum absolute atomic E-state index is 0.119. The van der Waals surface area contributed by atoms with Crippen molar-refractivity contribution in [2.75, 3.05) is 37.7 Å². The Hall–Kier alpha value is -3.65. The van der Waals surface area contributed by atoms with Crippen LogP contribution < -0.4 is 9.64 Å². The third kappa shape index (κ3) is 5.07. The van der Waals surface area contributed by atoms with E-state index in [9.17, 15) is 4.79 Å². The first-order chi connectivity index (χ1) is 17.1. The molecule has 35 heavy (non-hydrogen) atoms. The first kappa shape index (κ1) is 23.1. The van der Waals surface area contributed by atoms with E-state index in [1.54, 1.807) is 4.52 Å². The summed E-state index contributed by atoms with van der Waals surface area (Å²) in [5, 5.41) is 13.9. The number of hydrogen-bond donors (Lipinski definition) is 0. The van der Waals surface area contributed by atoms with E-state index in [4.69, 9.17) is 21.4 Å². The number of rotatable bonds is 7. The molecule has 0 saturated carbocycles. The highest BCUT2D eigenvalue weighted by Crippen LogP contribution is 2.29. The van der Waals surface area contributed by atoms with Crippen LogP contribution >= 0.6 is 11.6 Å². The van der Waals surface area contributed by atoms with Gasteiger partial charge in [0.15, 0.2) is 11.5 Å². The topological polar surface area (TPSA) is 75.9 Å². The number of aryl methyl sites for hydroxylation is 1. The van der Waals surface area contributed by atoms with Crippen molar-refractivity contribution >= 4 is 28.8 Å². The van der Waals surface area contributed by atoms with Gasteiger partial charge in [0.25, 0.3) is 0 Å². The van der Waals surface area contributed by atoms with Gasteiger partial charge in [-0.05, 0) is 43.3 Å². The molecule has 1 amide bonds. The van der Waals surface area contributed by atoms with E-state index in [2.05, 4.69) is 21.2 Å². The molecule has 0 radical (unpaired) electrons. The molecule has 0 bridgehead atoms. The molecule has 180 valence electrons. The molecule has 5 rings (SSSR count). The number of piperazine rings is 1. The van der Waals surface area contributed by atoms with Crippen molar-refractivity contribution in [2.24, 2.45) is 0 Å². The van der Waals surface area contributed by atoms with E-state index in [1.807, 2.05) is 66.4 Å². The Bertz CT molecular complexity index is 1320. The Labute approximate surface area is 209 Å². The number of para-hydroxylation sites is 2. The summed E-state index contributed by atoms with van der Waals surface area (Å²) < 4.78 is 7.49. The van der Waals surface area contributed by atoms with Crippen LogP contribution in [0.3, 0.4) is 0 Å². The zero-order valence-electron chi connectivity index (χ0n) is 19.6. The van der Waals surface area contributed by atoms with Gasteiger partial charge in [-0.3, -0.25) is 4.79 Å². The Morgan fingerprint density at radius 3 is 2.51 bits per heavy atom. The number of halogens is 1. The van der Waals surface area contributed by atoms with Crippen molar-refractivity contribution in [3.05, 3.63) is 71.5 Å². The van der Waals surface area contributed by atoms with Crippen molar-refractivity contribution in [2.45, 2.75) is 19.8 Å². The lowest BCUT2D eigenvalue weighted by Gasteiger charge is -2.36. The highest BCUT2D eigenvalue weighted by atomic mass is 35.5. The lowest BCUT2D eigenvalue weighted by molar-refractivity contribution is -0.131. The third-order valence-electron chi connectivity index (χ3n) is 6.17. The number of benzene rings is 2. The maximum atomic E-state index is 13.0. The lowest BCUT2D eigenvalue weighted by Crippen LogP contribution is -2.49. The van der Waals surface area contributed by atoms with Gasteiger partial charge in [0, 0.05) is 49.6 Å². The number of ether oxygens (including phenoxy) is 1. The van der Waals surface area contributed by atoms with Crippen molar-refractivity contribution < 1.29 is 9.53 Å². The van der Waals surface area contributed by atoms with Crippen LogP contribution in [0.25, 0.3) is 16.9 Å². The summed E-state index contributed by atoms with van der Waals surface area (Å²) in [5.41, 5.74) is 3.49. The first-order valence-electron chi connectivity index (χ1n) is 11.8. The molecule has 0 N–H and O–H groups in total. The molecular weight excluding hydrogens is 464 g/mol. The van der Waals surface area contributed by atoms with E-state index < -0.39 is 0 Å². The quantitative estimate of drug-likeness (QED) is 0.388. The molecule has 1 saturated heterocycles. The van der Waals surface area contributed by atoms with Gasteiger partial charge < -0.3 is 14.5 Å². The summed E-state index contributed by atoms with van der Waals surface area (Å²) >= 11 is 6.01. The summed E-state index contributed by atoms with van der Waals surface area (Å²) in [5.74, 6) is 1.68. The van der Waals surface area contributed by atoms with Gasteiger partial charge in [0.2, 0.25) is 5.91 Å². The van der Waals surface area contributed by atoms with E-state index in [-0.39, 0.29) is 5.91 Å². The van der Waals surface area contributed by atoms with Gasteiger partial charge in [-0.2, -0.15) is 9.61 Å². The summed E-state index contributed by atoms with van der Waals surface area (Å²) in [7, 11) is 0. The molecule has 2 aromatic heterocycles. The molecule has 9 heteroatoms. The van der Waals surface area contributed by atoms with Crippen LogP contribution in [0.15, 0.2) is 60.7 Å². The second kappa shape index (κ2) is 10.3. The van der Waals surface area contributed by atoms with E-state index in [0.717, 1.165) is 35.8 Å². The number of amides is 1. The number of aromatic nitrogens is 4. The third-order valence-corrected chi connectivity index (χ3v) is 6.42. The van der Waals surface area contributed by atoms with E-state index in [0.29, 0.717) is 49.0 Å². The van der Waals surface area contributed by atoms with Gasteiger partial charge in [-0.1, -0.05) is 35.9 Å². The number of fused-ring (bicyclic) bond motifs is 1. The highest BCUT2D eigenvalue weighted by Gasteiger charge is 2.23. The molecule has 2 aromatic carbocycles. The minimum Gasteiger partial charge on any atom is -0.492 e. The van der Waals surface area contributed by atoms with Crippen LogP contribution in [0, 0.1) is 0 Å². The number of hydrogen-bond acceptors (Lipinski definition) is 6. The largest absolute Gasteiger partial charge is 0.492 e. The lowest BCUT2D eigenvalue weighted by atomic mass is 10.1. The van der Waals surface area contributed by atoms with Gasteiger partial charge in [0.1, 0.15) is 5.75 Å². The van der Waals surface area contributed by atoms with Gasteiger partial charge in [-0.15, -0.1) is 10.2 Å². The molecule has 3 heterocycles. The Morgan fingerprint density at radius 1 is 0.971 bits per heavy atom. The second-order valence-corrected chi connectivity index (χ2v) is 8.82. The van der Waals surface area contributed by atoms with Gasteiger partial charge in [0.05, 0.1) is 18.0 Å². The van der Waals surface area contributed by atoms with Crippen molar-refractivity contribution in [1.82, 2.24) is 24.7 Å². The smallest absolute Gasteiger partial charge is 0.223 e. The Kier molecular flexibility index (Phi) is 6.81. The number of anilines is 1. The Balaban J connectivity index is 1.21. The fourth-order valence-corrected chi connectivity index (χ4v) is 4.46. The number of carbonyl (C=O) groups excluding carboxylic acids is 1. The monoisotopic (exact) mass is 490 g/mol. The normalized spacial score (nSPS) is 13.9. The summed E-state index contributed by atoms with van der Waals surface area (Å²) in [4.78, 5) is 17.2. The molecule has 1 aliphatic heterocycles. The van der Waals surface area contributed by atoms with Crippen molar-refractivity contribution in [1.29, 1.82) is 0 Å². The first-order valence-corrected chi connectivity index (χ1v) is 12.2. The minimum atomic E-state index is 0.119. The van der Waals surface area contributed by atoms with Crippen LogP contribution in [0.5, 0.6) is 5.75 Å². The maximum Gasteiger partial charge on any atom is 0.223 e. The van der Waals surface area contributed by atoms with Crippen LogP contribution in [0.1, 0.15) is 19.2 Å². The van der Waals surface area contributed by atoms with E-state index >= 15 is 0 Å². The Morgan fingerprint density at radius 2 is 1.74 bits per heavy atom. The SMILES string of the molecule is CCOc1ccccc1N1CCN(C(=O)CCc2nnc3ccc(-c4ccc(Cl)cc4)nn23)CC1. The zero-order valence-corrected chi connectivity index (χ0v) is 20.4. The summed E-state index contributed by atoms with van der Waals surface area (Å²) in [6.07, 6.45) is 0.841. The predicted octanol–water partition coefficient (Wildman–Crippen LogP) is 4.12.